The number of imide groups is 1. The van der Waals surface area contributed by atoms with Crippen LogP contribution in [0.4, 0.5) is 4.79 Å². The Morgan fingerprint density at radius 3 is 2.80 bits per heavy atom. The van der Waals surface area contributed by atoms with E-state index >= 15 is 0 Å². The molecule has 1 aromatic carbocycles. The lowest BCUT2D eigenvalue weighted by Gasteiger charge is -2.24. The zero-order chi connectivity index (χ0) is 21.5. The number of carbonyl (C=O) groups is 3. The Bertz CT molecular complexity index is 1160. The summed E-state index contributed by atoms with van der Waals surface area (Å²) in [4.78, 5) is 41.7. The number of pyridine rings is 1. The van der Waals surface area contributed by atoms with Gasteiger partial charge in [-0.05, 0) is 30.7 Å². The van der Waals surface area contributed by atoms with Gasteiger partial charge in [0.2, 0.25) is 0 Å². The molecule has 4 rings (SSSR count). The molecule has 2 aromatic heterocycles. The van der Waals surface area contributed by atoms with E-state index in [0.29, 0.717) is 22.4 Å². The Kier molecular flexibility index (Phi) is 4.83. The van der Waals surface area contributed by atoms with Crippen molar-refractivity contribution in [1.82, 2.24) is 20.9 Å². The molecule has 10 heteroatoms. The summed E-state index contributed by atoms with van der Waals surface area (Å²) in [6, 6.07) is 7.58. The van der Waals surface area contributed by atoms with Crippen LogP contribution in [0.3, 0.4) is 0 Å². The van der Waals surface area contributed by atoms with E-state index in [0.717, 1.165) is 0 Å². The number of nitrogens with one attached hydrogen (secondary N) is 3. The first-order valence-electron chi connectivity index (χ1n) is 8.95. The molecule has 3 aromatic rings. The van der Waals surface area contributed by atoms with Gasteiger partial charge >= 0.3 is 6.03 Å². The van der Waals surface area contributed by atoms with E-state index in [9.17, 15) is 14.4 Å². The fourth-order valence-corrected chi connectivity index (χ4v) is 3.72. The summed E-state index contributed by atoms with van der Waals surface area (Å²) in [5, 5.41) is 7.57. The molecule has 3 heterocycles. The molecule has 0 saturated carbocycles. The number of hydrogen-bond donors (Lipinski definition) is 3. The molecular formula is C20H17ClN4O5. The molecule has 0 bridgehead atoms. The first-order chi connectivity index (χ1) is 14.4. The van der Waals surface area contributed by atoms with Crippen LogP contribution in [0, 0.1) is 6.92 Å². The number of rotatable bonds is 5. The molecule has 1 fully saturated rings. The topological polar surface area (TPSA) is 123 Å². The van der Waals surface area contributed by atoms with Crippen molar-refractivity contribution in [3.63, 3.8) is 0 Å². The molecular weight excluding hydrogens is 412 g/mol. The highest BCUT2D eigenvalue weighted by molar-refractivity contribution is 6.35. The largest absolute Gasteiger partial charge is 0.495 e. The summed E-state index contributed by atoms with van der Waals surface area (Å²) in [5.74, 6) is -0.690. The number of aryl methyl sites for hydroxylation is 1. The Morgan fingerprint density at radius 1 is 1.33 bits per heavy atom. The van der Waals surface area contributed by atoms with E-state index in [2.05, 4.69) is 20.9 Å². The van der Waals surface area contributed by atoms with Crippen LogP contribution in [0.5, 0.6) is 5.75 Å². The molecule has 0 unspecified atom stereocenters. The fraction of sp³-hybridized carbons (Fsp3) is 0.200. The third-order valence-electron chi connectivity index (χ3n) is 4.93. The second kappa shape index (κ2) is 7.34. The van der Waals surface area contributed by atoms with Crippen LogP contribution in [0.1, 0.15) is 21.7 Å². The predicted octanol–water partition coefficient (Wildman–Crippen LogP) is 2.26. The number of methoxy groups -OCH3 is 1. The van der Waals surface area contributed by atoms with E-state index < -0.39 is 23.4 Å². The molecule has 0 aliphatic carbocycles. The Labute approximate surface area is 175 Å². The zero-order valence-electron chi connectivity index (χ0n) is 16.0. The van der Waals surface area contributed by atoms with Crippen molar-refractivity contribution in [2.75, 3.05) is 13.7 Å². The maximum absolute atomic E-state index is 12.9. The molecule has 154 valence electrons. The van der Waals surface area contributed by atoms with Gasteiger partial charge in [0.05, 0.1) is 24.2 Å². The number of carbonyl (C=O) groups excluding carboxylic acids is 3. The Hall–Kier alpha value is -3.59. The van der Waals surface area contributed by atoms with Crippen molar-refractivity contribution >= 4 is 40.5 Å². The van der Waals surface area contributed by atoms with Crippen molar-refractivity contribution in [1.29, 1.82) is 0 Å². The second-order valence-electron chi connectivity index (χ2n) is 6.77. The average Bonchev–Trinajstić information content (AvgIpc) is 3.27. The highest BCUT2D eigenvalue weighted by Gasteiger charge is 2.51. The van der Waals surface area contributed by atoms with Crippen LogP contribution in [-0.2, 0) is 10.3 Å². The van der Waals surface area contributed by atoms with Gasteiger partial charge in [0.15, 0.2) is 11.1 Å². The molecule has 1 aliphatic heterocycles. The quantitative estimate of drug-likeness (QED) is 0.536. The van der Waals surface area contributed by atoms with Crippen molar-refractivity contribution < 1.29 is 23.5 Å². The Balaban J connectivity index is 1.69. The molecule has 0 spiro atoms. The van der Waals surface area contributed by atoms with Gasteiger partial charge in [0.25, 0.3) is 11.8 Å². The summed E-state index contributed by atoms with van der Waals surface area (Å²) >= 11 is 6.30. The number of amides is 4. The van der Waals surface area contributed by atoms with E-state index in [4.69, 9.17) is 20.8 Å². The standard InChI is InChI=1S/C20H17ClN4O5/c1-10-5-6-13(29-2)16(21)15(10)17(26)23-9-20(18(27)24-19(28)25-20)14-8-11-12(30-14)4-3-7-22-11/h3-8H,9H2,1-2H3,(H,23,26)(H2,24,25,27,28)/t20-/m0/s1. The van der Waals surface area contributed by atoms with Gasteiger partial charge in [-0.2, -0.15) is 0 Å². The molecule has 0 radical (unpaired) electrons. The van der Waals surface area contributed by atoms with Crippen LogP contribution in [0.15, 0.2) is 40.9 Å². The monoisotopic (exact) mass is 428 g/mol. The SMILES string of the molecule is COc1ccc(C)c(C(=O)NC[C@@]2(c3cc4ncccc4o3)NC(=O)NC2=O)c1Cl. The van der Waals surface area contributed by atoms with Crippen LogP contribution >= 0.6 is 11.6 Å². The normalized spacial score (nSPS) is 18.2. The van der Waals surface area contributed by atoms with E-state index in [1.54, 1.807) is 43.5 Å². The van der Waals surface area contributed by atoms with Gasteiger partial charge in [0.1, 0.15) is 17.0 Å². The highest BCUT2D eigenvalue weighted by atomic mass is 35.5. The molecule has 1 saturated heterocycles. The minimum atomic E-state index is -1.63. The smallest absolute Gasteiger partial charge is 0.322 e. The van der Waals surface area contributed by atoms with Gasteiger partial charge in [-0.25, -0.2) is 4.79 Å². The van der Waals surface area contributed by atoms with Crippen LogP contribution in [-0.4, -0.2) is 36.5 Å². The summed E-state index contributed by atoms with van der Waals surface area (Å²) in [7, 11) is 1.45. The van der Waals surface area contributed by atoms with Crippen molar-refractivity contribution in [3.8, 4) is 5.75 Å². The van der Waals surface area contributed by atoms with Gasteiger partial charge in [-0.15, -0.1) is 0 Å². The van der Waals surface area contributed by atoms with E-state index in [-0.39, 0.29) is 22.9 Å². The molecule has 9 nitrogen and oxygen atoms in total. The minimum absolute atomic E-state index is 0.147. The number of furan rings is 1. The van der Waals surface area contributed by atoms with E-state index in [1.165, 1.54) is 7.11 Å². The number of hydrogen-bond acceptors (Lipinski definition) is 6. The number of nitrogens with zero attached hydrogens (tertiary/aromatic N) is 1. The van der Waals surface area contributed by atoms with Gasteiger partial charge < -0.3 is 19.8 Å². The number of ether oxygens (including phenoxy) is 1. The predicted molar refractivity (Wildman–Crippen MR) is 107 cm³/mol. The summed E-state index contributed by atoms with van der Waals surface area (Å²) < 4.78 is 10.9. The highest BCUT2D eigenvalue weighted by Crippen LogP contribution is 2.32. The molecule has 30 heavy (non-hydrogen) atoms. The number of halogens is 1. The summed E-state index contributed by atoms with van der Waals surface area (Å²) in [5.41, 5.74) is 0.159. The third-order valence-corrected chi connectivity index (χ3v) is 5.30. The number of benzene rings is 1. The second-order valence-corrected chi connectivity index (χ2v) is 7.15. The molecule has 1 atom stereocenters. The van der Waals surface area contributed by atoms with Crippen molar-refractivity contribution in [2.24, 2.45) is 0 Å². The van der Waals surface area contributed by atoms with Gasteiger partial charge in [-0.1, -0.05) is 17.7 Å². The van der Waals surface area contributed by atoms with Gasteiger partial charge in [0, 0.05) is 12.3 Å². The summed E-state index contributed by atoms with van der Waals surface area (Å²) in [6.45, 7) is 1.46. The first-order valence-corrected chi connectivity index (χ1v) is 9.33. The van der Waals surface area contributed by atoms with E-state index in [1.807, 2.05) is 0 Å². The lowest BCUT2D eigenvalue weighted by Crippen LogP contribution is -2.52. The Morgan fingerprint density at radius 2 is 2.13 bits per heavy atom. The van der Waals surface area contributed by atoms with Crippen LogP contribution in [0.25, 0.3) is 11.1 Å². The number of fused-ring (bicyclic) bond motifs is 1. The lowest BCUT2D eigenvalue weighted by atomic mass is 9.96. The van der Waals surface area contributed by atoms with Gasteiger partial charge in [-0.3, -0.25) is 19.9 Å². The maximum Gasteiger partial charge on any atom is 0.322 e. The van der Waals surface area contributed by atoms with Crippen molar-refractivity contribution in [2.45, 2.75) is 12.5 Å². The third kappa shape index (κ3) is 3.13. The molecule has 3 N–H and O–H groups in total. The summed E-state index contributed by atoms with van der Waals surface area (Å²) in [6.07, 6.45) is 1.58. The van der Waals surface area contributed by atoms with Crippen LogP contribution in [0.2, 0.25) is 5.02 Å². The first kappa shape index (κ1) is 19.7. The fourth-order valence-electron chi connectivity index (χ4n) is 3.35. The lowest BCUT2D eigenvalue weighted by molar-refractivity contribution is -0.124. The maximum atomic E-state index is 12.9. The number of aromatic nitrogens is 1. The minimum Gasteiger partial charge on any atom is -0.495 e. The molecule has 4 amide bonds. The zero-order valence-corrected chi connectivity index (χ0v) is 16.8. The van der Waals surface area contributed by atoms with Crippen molar-refractivity contribution in [3.05, 3.63) is 58.4 Å². The molecule has 1 aliphatic rings. The average molecular weight is 429 g/mol. The van der Waals surface area contributed by atoms with Crippen LogP contribution < -0.4 is 20.7 Å². The number of urea groups is 1.